The number of carbonyl (C=O) groups excluding carboxylic acids is 1. The third-order valence-corrected chi connectivity index (χ3v) is 12.1. The summed E-state index contributed by atoms with van der Waals surface area (Å²) in [6, 6.07) is 18.0. The highest BCUT2D eigenvalue weighted by molar-refractivity contribution is 7.90. The minimum Gasteiger partial charge on any atom is -0.477 e. The molecule has 1 unspecified atom stereocenters. The van der Waals surface area contributed by atoms with E-state index in [0.29, 0.717) is 62.0 Å². The standard InChI is InChI=1S/C36H42ClN3O6S/c1-25-7-12-29(26-13-16-34(45-24-26)14-2-3-15-34)30(23-25)46-36(17-18-36)33(41)39-47(43,44)32-6-4-5-31(38-32)40-21-19-35(42,20-22-40)27-8-10-28(37)11-9-27/h4-12,23,26,42H,2-3,13-22,24H2,1H3,(H,39,41). The molecule has 0 bridgehead atoms. The number of sulfonamides is 1. The van der Waals surface area contributed by atoms with Crippen molar-refractivity contribution in [2.45, 2.75) is 98.9 Å². The molecular weight excluding hydrogens is 638 g/mol. The van der Waals surface area contributed by atoms with Crippen LogP contribution < -0.4 is 14.4 Å². The fraction of sp³-hybridized carbons (Fsp3) is 0.500. The maximum absolute atomic E-state index is 13.6. The van der Waals surface area contributed by atoms with Crippen LogP contribution in [-0.2, 0) is 25.2 Å². The predicted molar refractivity (Wildman–Crippen MR) is 179 cm³/mol. The van der Waals surface area contributed by atoms with Crippen molar-refractivity contribution < 1.29 is 27.8 Å². The number of nitrogens with one attached hydrogen (secondary N) is 1. The van der Waals surface area contributed by atoms with Crippen molar-refractivity contribution in [2.75, 3.05) is 24.6 Å². The number of aliphatic hydroxyl groups is 1. The minimum absolute atomic E-state index is 0.0222. The van der Waals surface area contributed by atoms with E-state index in [4.69, 9.17) is 21.1 Å². The van der Waals surface area contributed by atoms with E-state index in [1.54, 1.807) is 24.3 Å². The first kappa shape index (κ1) is 32.4. The van der Waals surface area contributed by atoms with Crippen LogP contribution in [0.15, 0.2) is 65.7 Å². The van der Waals surface area contributed by atoms with Crippen LogP contribution in [0, 0.1) is 6.92 Å². The highest BCUT2D eigenvalue weighted by atomic mass is 35.5. The first-order valence-electron chi connectivity index (χ1n) is 16.7. The molecule has 1 amide bonds. The summed E-state index contributed by atoms with van der Waals surface area (Å²) in [5.74, 6) is 0.556. The van der Waals surface area contributed by atoms with Crippen LogP contribution in [0.5, 0.6) is 5.75 Å². The molecule has 1 aromatic heterocycles. The largest absolute Gasteiger partial charge is 0.477 e. The van der Waals surface area contributed by atoms with Gasteiger partial charge in [0, 0.05) is 36.9 Å². The van der Waals surface area contributed by atoms with Gasteiger partial charge in [-0.3, -0.25) is 4.79 Å². The van der Waals surface area contributed by atoms with Crippen LogP contribution >= 0.6 is 11.6 Å². The van der Waals surface area contributed by atoms with Crippen molar-refractivity contribution in [2.24, 2.45) is 0 Å². The molecule has 1 atom stereocenters. The number of nitrogens with zero attached hydrogens (tertiary/aromatic N) is 2. The first-order chi connectivity index (χ1) is 22.5. The predicted octanol–water partition coefficient (Wildman–Crippen LogP) is 6.15. The van der Waals surface area contributed by atoms with Gasteiger partial charge < -0.3 is 19.5 Å². The fourth-order valence-electron chi connectivity index (χ4n) is 7.45. The van der Waals surface area contributed by atoms with E-state index in [1.165, 1.54) is 18.9 Å². The summed E-state index contributed by atoms with van der Waals surface area (Å²) >= 11 is 6.02. The van der Waals surface area contributed by atoms with E-state index in [0.717, 1.165) is 42.4 Å². The molecule has 3 aromatic rings. The van der Waals surface area contributed by atoms with Crippen molar-refractivity contribution in [1.82, 2.24) is 9.71 Å². The summed E-state index contributed by atoms with van der Waals surface area (Å²) in [6.45, 7) is 3.55. The molecule has 47 heavy (non-hydrogen) atoms. The lowest BCUT2D eigenvalue weighted by Gasteiger charge is -2.39. The number of hydrogen-bond donors (Lipinski definition) is 2. The van der Waals surface area contributed by atoms with E-state index in [-0.39, 0.29) is 16.5 Å². The zero-order valence-electron chi connectivity index (χ0n) is 26.7. The van der Waals surface area contributed by atoms with Gasteiger partial charge in [-0.15, -0.1) is 0 Å². The molecule has 1 spiro atoms. The average molecular weight is 680 g/mol. The van der Waals surface area contributed by atoms with Crippen LogP contribution in [0.25, 0.3) is 0 Å². The Labute approximate surface area is 281 Å². The monoisotopic (exact) mass is 679 g/mol. The molecule has 2 N–H and O–H groups in total. The minimum atomic E-state index is -4.28. The second-order valence-corrected chi connectivity index (χ2v) is 15.9. The van der Waals surface area contributed by atoms with Crippen molar-refractivity contribution in [3.05, 3.63) is 82.4 Å². The van der Waals surface area contributed by atoms with Gasteiger partial charge in [-0.25, -0.2) is 9.71 Å². The lowest BCUT2D eigenvalue weighted by atomic mass is 9.84. The van der Waals surface area contributed by atoms with E-state index in [2.05, 4.69) is 15.8 Å². The summed E-state index contributed by atoms with van der Waals surface area (Å²) in [5.41, 5.74) is 0.567. The van der Waals surface area contributed by atoms with Gasteiger partial charge in [0.15, 0.2) is 10.6 Å². The summed E-state index contributed by atoms with van der Waals surface area (Å²) < 4.78 is 42.1. The molecular formula is C36H42ClN3O6S. The van der Waals surface area contributed by atoms with Crippen molar-refractivity contribution in [1.29, 1.82) is 0 Å². The molecule has 2 aromatic carbocycles. The van der Waals surface area contributed by atoms with Gasteiger partial charge in [0.05, 0.1) is 17.8 Å². The molecule has 2 saturated carbocycles. The van der Waals surface area contributed by atoms with Gasteiger partial charge in [0.2, 0.25) is 0 Å². The maximum Gasteiger partial charge on any atom is 0.281 e. The number of halogens is 1. The number of carbonyl (C=O) groups is 1. The van der Waals surface area contributed by atoms with Crippen molar-refractivity contribution >= 4 is 33.3 Å². The molecule has 7 rings (SSSR count). The van der Waals surface area contributed by atoms with Gasteiger partial charge in [-0.2, -0.15) is 8.42 Å². The quantitative estimate of drug-likeness (QED) is 0.291. The third kappa shape index (κ3) is 6.62. The number of rotatable bonds is 8. The number of hydrogen-bond acceptors (Lipinski definition) is 8. The van der Waals surface area contributed by atoms with E-state index in [1.807, 2.05) is 36.1 Å². The second kappa shape index (κ2) is 12.4. The highest BCUT2D eigenvalue weighted by Gasteiger charge is 2.55. The van der Waals surface area contributed by atoms with Gasteiger partial charge in [-0.05, 0) is 92.5 Å². The van der Waals surface area contributed by atoms with E-state index < -0.39 is 27.1 Å². The van der Waals surface area contributed by atoms with Gasteiger partial charge >= 0.3 is 0 Å². The van der Waals surface area contributed by atoms with Gasteiger partial charge in [0.25, 0.3) is 15.9 Å². The number of anilines is 1. The number of ether oxygens (including phenoxy) is 2. The molecule has 2 aliphatic heterocycles. The van der Waals surface area contributed by atoms with Crippen LogP contribution in [0.4, 0.5) is 5.82 Å². The molecule has 2 saturated heterocycles. The topological polar surface area (TPSA) is 118 Å². The smallest absolute Gasteiger partial charge is 0.281 e. The highest BCUT2D eigenvalue weighted by Crippen LogP contribution is 2.47. The van der Waals surface area contributed by atoms with Crippen LogP contribution in [-0.4, -0.2) is 55.3 Å². The van der Waals surface area contributed by atoms with Gasteiger partial charge in [0.1, 0.15) is 11.6 Å². The third-order valence-electron chi connectivity index (χ3n) is 10.6. The van der Waals surface area contributed by atoms with E-state index in [9.17, 15) is 18.3 Å². The Morgan fingerprint density at radius 3 is 2.38 bits per heavy atom. The molecule has 0 radical (unpaired) electrons. The molecule has 250 valence electrons. The van der Waals surface area contributed by atoms with Crippen LogP contribution in [0.1, 0.15) is 86.8 Å². The summed E-state index contributed by atoms with van der Waals surface area (Å²) in [5, 5.41) is 11.6. The number of benzene rings is 2. The Kier molecular flexibility index (Phi) is 8.52. The van der Waals surface area contributed by atoms with Gasteiger partial charge in [-0.1, -0.05) is 54.8 Å². The lowest BCUT2D eigenvalue weighted by Crippen LogP contribution is -2.44. The Hall–Kier alpha value is -3.18. The Bertz CT molecular complexity index is 1740. The molecule has 9 nitrogen and oxygen atoms in total. The number of aryl methyl sites for hydroxylation is 1. The van der Waals surface area contributed by atoms with Crippen molar-refractivity contribution in [3.63, 3.8) is 0 Å². The Morgan fingerprint density at radius 2 is 1.72 bits per heavy atom. The zero-order valence-corrected chi connectivity index (χ0v) is 28.3. The van der Waals surface area contributed by atoms with Crippen molar-refractivity contribution in [3.8, 4) is 5.75 Å². The Morgan fingerprint density at radius 1 is 1.00 bits per heavy atom. The fourth-order valence-corrected chi connectivity index (χ4v) is 8.58. The zero-order chi connectivity index (χ0) is 32.9. The van der Waals surface area contributed by atoms with Crippen LogP contribution in [0.3, 0.4) is 0 Å². The first-order valence-corrected chi connectivity index (χ1v) is 18.6. The summed E-state index contributed by atoms with van der Waals surface area (Å²) in [7, 11) is -4.28. The molecule has 4 fully saturated rings. The van der Waals surface area contributed by atoms with Crippen LogP contribution in [0.2, 0.25) is 5.02 Å². The number of amides is 1. The summed E-state index contributed by atoms with van der Waals surface area (Å²) in [6.07, 6.45) is 8.42. The number of pyridine rings is 1. The Balaban J connectivity index is 1.02. The second-order valence-electron chi connectivity index (χ2n) is 13.9. The SMILES string of the molecule is Cc1ccc(C2CCC3(CCCC3)OC2)c(OC2(C(=O)NS(=O)(=O)c3cccc(N4CCC(O)(c5ccc(Cl)cc5)CC4)n3)CC2)c1. The molecule has 3 heterocycles. The summed E-state index contributed by atoms with van der Waals surface area (Å²) in [4.78, 5) is 19.9. The molecule has 11 heteroatoms. The van der Waals surface area contributed by atoms with E-state index >= 15 is 0 Å². The number of piperidine rings is 1. The lowest BCUT2D eigenvalue weighted by molar-refractivity contribution is -0.128. The molecule has 4 aliphatic rings. The molecule has 2 aliphatic carbocycles. The number of aromatic nitrogens is 1. The maximum atomic E-state index is 13.6. The average Bonchev–Trinajstić information content (AvgIpc) is 3.72. The normalized spacial score (nSPS) is 23.0.